The monoisotopic (exact) mass is 274 g/mol. The molecule has 1 aromatic rings. The molecule has 0 aliphatic carbocycles. The topological polar surface area (TPSA) is 80.7 Å². The number of hydrogen-bond acceptors (Lipinski definition) is 5. The highest BCUT2D eigenvalue weighted by atomic mass is 16.5. The Balaban J connectivity index is 2.04. The van der Waals surface area contributed by atoms with E-state index in [9.17, 15) is 19.5 Å². The van der Waals surface area contributed by atoms with Crippen LogP contribution in [0.5, 0.6) is 5.75 Å². The van der Waals surface area contributed by atoms with Crippen LogP contribution in [0.3, 0.4) is 0 Å². The lowest BCUT2D eigenvalue weighted by molar-refractivity contribution is -0.152. The van der Waals surface area contributed by atoms with Crippen molar-refractivity contribution in [2.24, 2.45) is 5.92 Å². The SMILES string of the molecule is CC1=CC(=O)C(C(=O)CCc2ccccc2O)C(=O)O1. The van der Waals surface area contributed by atoms with Gasteiger partial charge in [0.2, 0.25) is 0 Å². The van der Waals surface area contributed by atoms with E-state index in [-0.39, 0.29) is 24.4 Å². The number of esters is 1. The molecule has 20 heavy (non-hydrogen) atoms. The minimum Gasteiger partial charge on any atom is -0.508 e. The predicted molar refractivity (Wildman–Crippen MR) is 69.8 cm³/mol. The van der Waals surface area contributed by atoms with Crippen molar-refractivity contribution in [1.82, 2.24) is 0 Å². The number of aryl methyl sites for hydroxylation is 1. The van der Waals surface area contributed by atoms with Gasteiger partial charge < -0.3 is 9.84 Å². The molecule has 1 unspecified atom stereocenters. The summed E-state index contributed by atoms with van der Waals surface area (Å²) >= 11 is 0. The van der Waals surface area contributed by atoms with Gasteiger partial charge in [-0.25, -0.2) is 0 Å². The van der Waals surface area contributed by atoms with Crippen molar-refractivity contribution < 1.29 is 24.2 Å². The van der Waals surface area contributed by atoms with Gasteiger partial charge in [-0.2, -0.15) is 0 Å². The van der Waals surface area contributed by atoms with E-state index in [4.69, 9.17) is 4.74 Å². The van der Waals surface area contributed by atoms with Gasteiger partial charge in [-0.15, -0.1) is 0 Å². The van der Waals surface area contributed by atoms with Crippen LogP contribution in [-0.4, -0.2) is 22.6 Å². The fraction of sp³-hybridized carbons (Fsp3) is 0.267. The number of hydrogen-bond donors (Lipinski definition) is 1. The lowest BCUT2D eigenvalue weighted by atomic mass is 9.92. The average Bonchev–Trinajstić information content (AvgIpc) is 2.36. The molecule has 0 amide bonds. The van der Waals surface area contributed by atoms with Gasteiger partial charge >= 0.3 is 5.97 Å². The van der Waals surface area contributed by atoms with Gasteiger partial charge in [0.25, 0.3) is 0 Å². The highest BCUT2D eigenvalue weighted by molar-refractivity contribution is 6.22. The van der Waals surface area contributed by atoms with E-state index in [1.807, 2.05) is 0 Å². The van der Waals surface area contributed by atoms with Crippen LogP contribution in [0.4, 0.5) is 0 Å². The van der Waals surface area contributed by atoms with Crippen molar-refractivity contribution in [1.29, 1.82) is 0 Å². The Kier molecular flexibility index (Phi) is 3.98. The average molecular weight is 274 g/mol. The molecule has 1 aliphatic heterocycles. The Labute approximate surface area is 115 Å². The number of ether oxygens (including phenoxy) is 1. The summed E-state index contributed by atoms with van der Waals surface area (Å²) in [4.78, 5) is 35.2. The maximum absolute atomic E-state index is 12.0. The predicted octanol–water partition coefficient (Wildman–Crippen LogP) is 1.54. The van der Waals surface area contributed by atoms with Gasteiger partial charge in [0.15, 0.2) is 17.5 Å². The molecular formula is C15H14O5. The molecule has 1 N–H and O–H groups in total. The lowest BCUT2D eigenvalue weighted by Gasteiger charge is -2.17. The minimum absolute atomic E-state index is 0.00400. The van der Waals surface area contributed by atoms with Crippen molar-refractivity contribution >= 4 is 17.5 Å². The minimum atomic E-state index is -1.37. The number of ketones is 2. The van der Waals surface area contributed by atoms with Crippen LogP contribution in [0.25, 0.3) is 0 Å². The van der Waals surface area contributed by atoms with Crippen molar-refractivity contribution in [2.45, 2.75) is 19.8 Å². The van der Waals surface area contributed by atoms with E-state index in [1.54, 1.807) is 18.2 Å². The Morgan fingerprint density at radius 2 is 2.00 bits per heavy atom. The summed E-state index contributed by atoms with van der Waals surface area (Å²) in [5.74, 6) is -2.94. The highest BCUT2D eigenvalue weighted by Crippen LogP contribution is 2.21. The Morgan fingerprint density at radius 3 is 2.65 bits per heavy atom. The number of aromatic hydroxyl groups is 1. The van der Waals surface area contributed by atoms with E-state index < -0.39 is 23.5 Å². The molecule has 0 fully saturated rings. The number of para-hydroxylation sites is 1. The second kappa shape index (κ2) is 5.69. The van der Waals surface area contributed by atoms with Crippen LogP contribution in [0.15, 0.2) is 36.1 Å². The molecule has 0 spiro atoms. The molecule has 0 saturated carbocycles. The van der Waals surface area contributed by atoms with Crippen molar-refractivity contribution in [3.8, 4) is 5.75 Å². The second-order valence-electron chi connectivity index (χ2n) is 4.61. The van der Waals surface area contributed by atoms with Crippen LogP contribution >= 0.6 is 0 Å². The third-order valence-electron chi connectivity index (χ3n) is 3.08. The van der Waals surface area contributed by atoms with Crippen LogP contribution in [0, 0.1) is 5.92 Å². The number of Topliss-reactive ketones (excluding diaryl/α,β-unsaturated/α-hetero) is 1. The van der Waals surface area contributed by atoms with Gasteiger partial charge in [0.05, 0.1) is 0 Å². The third kappa shape index (κ3) is 2.93. The number of carbonyl (C=O) groups excluding carboxylic acids is 3. The van der Waals surface area contributed by atoms with Crippen molar-refractivity contribution in [3.63, 3.8) is 0 Å². The molecule has 0 saturated heterocycles. The quantitative estimate of drug-likeness (QED) is 0.665. The van der Waals surface area contributed by atoms with Crippen molar-refractivity contribution in [3.05, 3.63) is 41.7 Å². The first-order valence-electron chi connectivity index (χ1n) is 6.22. The smallest absolute Gasteiger partial charge is 0.329 e. The zero-order valence-electron chi connectivity index (χ0n) is 11.0. The number of phenols is 1. The Morgan fingerprint density at radius 1 is 1.30 bits per heavy atom. The first kappa shape index (κ1) is 14.0. The fourth-order valence-electron chi connectivity index (χ4n) is 2.06. The van der Waals surface area contributed by atoms with Crippen LogP contribution in [-0.2, 0) is 25.5 Å². The van der Waals surface area contributed by atoms with Crippen LogP contribution in [0.1, 0.15) is 18.9 Å². The molecular weight excluding hydrogens is 260 g/mol. The number of cyclic esters (lactones) is 1. The van der Waals surface area contributed by atoms with Gasteiger partial charge in [-0.3, -0.25) is 14.4 Å². The molecule has 2 rings (SSSR count). The highest BCUT2D eigenvalue weighted by Gasteiger charge is 2.36. The van der Waals surface area contributed by atoms with E-state index in [0.29, 0.717) is 5.56 Å². The summed E-state index contributed by atoms with van der Waals surface area (Å²) in [6.45, 7) is 1.48. The summed E-state index contributed by atoms with van der Waals surface area (Å²) in [6, 6.07) is 6.63. The van der Waals surface area contributed by atoms with E-state index in [2.05, 4.69) is 0 Å². The van der Waals surface area contributed by atoms with Crippen molar-refractivity contribution in [2.75, 3.05) is 0 Å². The third-order valence-corrected chi connectivity index (χ3v) is 3.08. The molecule has 0 radical (unpaired) electrons. The maximum Gasteiger partial charge on any atom is 0.329 e. The van der Waals surface area contributed by atoms with Gasteiger partial charge in [-0.05, 0) is 25.0 Å². The molecule has 1 heterocycles. The molecule has 104 valence electrons. The van der Waals surface area contributed by atoms with Gasteiger partial charge in [0, 0.05) is 12.5 Å². The molecule has 5 heteroatoms. The summed E-state index contributed by atoms with van der Waals surface area (Å²) in [6.07, 6.45) is 1.42. The first-order valence-corrected chi connectivity index (χ1v) is 6.22. The van der Waals surface area contributed by atoms with E-state index >= 15 is 0 Å². The molecule has 1 atom stereocenters. The number of rotatable bonds is 4. The van der Waals surface area contributed by atoms with Gasteiger partial charge in [0.1, 0.15) is 11.5 Å². The molecule has 0 aromatic heterocycles. The van der Waals surface area contributed by atoms with E-state index in [1.165, 1.54) is 13.0 Å². The molecule has 5 nitrogen and oxygen atoms in total. The number of phenolic OH excluding ortho intramolecular Hbond substituents is 1. The van der Waals surface area contributed by atoms with Crippen LogP contribution in [0.2, 0.25) is 0 Å². The Bertz CT molecular complexity index is 600. The van der Waals surface area contributed by atoms with E-state index in [0.717, 1.165) is 6.08 Å². The Hall–Kier alpha value is -2.43. The largest absolute Gasteiger partial charge is 0.508 e. The van der Waals surface area contributed by atoms with Gasteiger partial charge in [-0.1, -0.05) is 18.2 Å². The zero-order valence-corrected chi connectivity index (χ0v) is 11.0. The number of benzene rings is 1. The number of allylic oxidation sites excluding steroid dienone is 2. The molecule has 1 aromatic carbocycles. The molecule has 0 bridgehead atoms. The number of carbonyl (C=O) groups is 3. The summed E-state index contributed by atoms with van der Waals surface area (Å²) < 4.78 is 4.80. The molecule has 1 aliphatic rings. The second-order valence-corrected chi connectivity index (χ2v) is 4.61. The maximum atomic E-state index is 12.0. The van der Waals surface area contributed by atoms with Crippen LogP contribution < -0.4 is 0 Å². The summed E-state index contributed by atoms with van der Waals surface area (Å²) in [5.41, 5.74) is 0.601. The zero-order chi connectivity index (χ0) is 14.7. The lowest BCUT2D eigenvalue weighted by Crippen LogP contribution is -2.35. The summed E-state index contributed by atoms with van der Waals surface area (Å²) in [7, 11) is 0. The fourth-order valence-corrected chi connectivity index (χ4v) is 2.06. The normalized spacial score (nSPS) is 18.4. The standard InChI is InChI=1S/C15H14O5/c1-9-8-13(18)14(15(19)20-9)12(17)7-6-10-4-2-3-5-11(10)16/h2-5,8,14,16H,6-7H2,1H3. The summed E-state index contributed by atoms with van der Waals surface area (Å²) in [5, 5.41) is 9.59. The first-order chi connectivity index (χ1) is 9.49.